The van der Waals surface area contributed by atoms with E-state index in [1.807, 2.05) is 30.3 Å². The Hall–Kier alpha value is -0.900. The Bertz CT molecular complexity index is 351. The molecule has 1 aromatic rings. The Balaban J connectivity index is 1.68. The van der Waals surface area contributed by atoms with Gasteiger partial charge in [-0.25, -0.2) is 0 Å². The summed E-state index contributed by atoms with van der Waals surface area (Å²) in [7, 11) is 2.19. The smallest absolute Gasteiger partial charge is 0.0914 e. The highest BCUT2D eigenvalue weighted by atomic mass is 16.3. The molecule has 0 spiro atoms. The standard InChI is InChI=1S/C15H24N2O/c1-12(17(2)14-8-9-14)10-16-11-15(18)13-6-4-3-5-7-13/h3-7,12,14-16,18H,8-11H2,1-2H3. The lowest BCUT2D eigenvalue weighted by Crippen LogP contribution is -2.40. The van der Waals surface area contributed by atoms with Gasteiger partial charge < -0.3 is 10.4 Å². The minimum atomic E-state index is -0.412. The van der Waals surface area contributed by atoms with Crippen molar-refractivity contribution in [1.29, 1.82) is 0 Å². The molecule has 1 aliphatic carbocycles. The molecular weight excluding hydrogens is 224 g/mol. The predicted molar refractivity (Wildman–Crippen MR) is 74.5 cm³/mol. The predicted octanol–water partition coefficient (Wildman–Crippen LogP) is 1.79. The maximum absolute atomic E-state index is 10.0. The first-order valence-electron chi connectivity index (χ1n) is 6.84. The fraction of sp³-hybridized carbons (Fsp3) is 0.600. The van der Waals surface area contributed by atoms with Crippen LogP contribution in [0.25, 0.3) is 0 Å². The van der Waals surface area contributed by atoms with E-state index in [4.69, 9.17) is 0 Å². The quantitative estimate of drug-likeness (QED) is 0.772. The zero-order valence-corrected chi connectivity index (χ0v) is 11.3. The largest absolute Gasteiger partial charge is 0.387 e. The van der Waals surface area contributed by atoms with Gasteiger partial charge in [0.15, 0.2) is 0 Å². The van der Waals surface area contributed by atoms with E-state index < -0.39 is 6.10 Å². The second-order valence-corrected chi connectivity index (χ2v) is 5.33. The van der Waals surface area contributed by atoms with Gasteiger partial charge >= 0.3 is 0 Å². The summed E-state index contributed by atoms with van der Waals surface area (Å²) in [4.78, 5) is 2.43. The Labute approximate surface area is 110 Å². The second-order valence-electron chi connectivity index (χ2n) is 5.33. The molecule has 1 saturated carbocycles. The number of likely N-dealkylation sites (N-methyl/N-ethyl adjacent to an activating group) is 1. The summed E-state index contributed by atoms with van der Waals surface area (Å²) in [6, 6.07) is 11.1. The minimum absolute atomic E-state index is 0.412. The molecule has 2 rings (SSSR count). The first kappa shape index (κ1) is 13.5. The van der Waals surface area contributed by atoms with Gasteiger partial charge in [0.1, 0.15) is 0 Å². The lowest BCUT2D eigenvalue weighted by molar-refractivity contribution is 0.167. The fourth-order valence-electron chi connectivity index (χ4n) is 2.21. The summed E-state index contributed by atoms with van der Waals surface area (Å²) in [6.07, 6.45) is 2.27. The third-order valence-corrected chi connectivity index (χ3v) is 3.78. The van der Waals surface area contributed by atoms with E-state index >= 15 is 0 Å². The van der Waals surface area contributed by atoms with Crippen molar-refractivity contribution in [3.8, 4) is 0 Å². The number of aliphatic hydroxyl groups excluding tert-OH is 1. The highest BCUT2D eigenvalue weighted by Gasteiger charge is 2.28. The van der Waals surface area contributed by atoms with Gasteiger partial charge in [0, 0.05) is 25.2 Å². The van der Waals surface area contributed by atoms with Gasteiger partial charge in [-0.3, -0.25) is 4.90 Å². The van der Waals surface area contributed by atoms with Crippen molar-refractivity contribution in [2.75, 3.05) is 20.1 Å². The number of nitrogens with zero attached hydrogens (tertiary/aromatic N) is 1. The zero-order valence-electron chi connectivity index (χ0n) is 11.3. The SMILES string of the molecule is CC(CNCC(O)c1ccccc1)N(C)C1CC1. The summed E-state index contributed by atoms with van der Waals surface area (Å²) >= 11 is 0. The molecule has 0 radical (unpaired) electrons. The lowest BCUT2D eigenvalue weighted by Gasteiger charge is -2.25. The van der Waals surface area contributed by atoms with E-state index in [1.54, 1.807) is 0 Å². The number of aliphatic hydroxyl groups is 1. The van der Waals surface area contributed by atoms with Crippen molar-refractivity contribution in [2.24, 2.45) is 0 Å². The topological polar surface area (TPSA) is 35.5 Å². The van der Waals surface area contributed by atoms with E-state index in [0.29, 0.717) is 12.6 Å². The highest BCUT2D eigenvalue weighted by Crippen LogP contribution is 2.26. The molecule has 3 nitrogen and oxygen atoms in total. The van der Waals surface area contributed by atoms with Gasteiger partial charge in [-0.05, 0) is 32.4 Å². The molecule has 18 heavy (non-hydrogen) atoms. The van der Waals surface area contributed by atoms with E-state index in [1.165, 1.54) is 12.8 Å². The van der Waals surface area contributed by atoms with Crippen LogP contribution in [0, 0.1) is 0 Å². The highest BCUT2D eigenvalue weighted by molar-refractivity contribution is 5.17. The monoisotopic (exact) mass is 248 g/mol. The molecule has 3 heteroatoms. The molecule has 2 atom stereocenters. The molecule has 2 unspecified atom stereocenters. The normalized spacial score (nSPS) is 18.9. The van der Waals surface area contributed by atoms with Gasteiger partial charge in [0.05, 0.1) is 6.10 Å². The van der Waals surface area contributed by atoms with Gasteiger partial charge in [-0.15, -0.1) is 0 Å². The van der Waals surface area contributed by atoms with Crippen LogP contribution in [0.2, 0.25) is 0 Å². The van der Waals surface area contributed by atoms with Crippen LogP contribution in [0.5, 0.6) is 0 Å². The first-order chi connectivity index (χ1) is 8.68. The van der Waals surface area contributed by atoms with Crippen LogP contribution in [0.1, 0.15) is 31.4 Å². The van der Waals surface area contributed by atoms with Crippen LogP contribution in [0.4, 0.5) is 0 Å². The van der Waals surface area contributed by atoms with E-state index in [9.17, 15) is 5.11 Å². The van der Waals surface area contributed by atoms with Crippen LogP contribution < -0.4 is 5.32 Å². The Morgan fingerprint density at radius 3 is 2.56 bits per heavy atom. The maximum atomic E-state index is 10.0. The van der Waals surface area contributed by atoms with Crippen LogP contribution in [0.15, 0.2) is 30.3 Å². The Morgan fingerprint density at radius 2 is 1.94 bits per heavy atom. The summed E-state index contributed by atoms with van der Waals surface area (Å²) in [5.74, 6) is 0. The van der Waals surface area contributed by atoms with Crippen molar-refractivity contribution >= 4 is 0 Å². The fourth-order valence-corrected chi connectivity index (χ4v) is 2.21. The molecule has 0 aliphatic heterocycles. The number of benzene rings is 1. The minimum Gasteiger partial charge on any atom is -0.387 e. The summed E-state index contributed by atoms with van der Waals surface area (Å²) in [6.45, 7) is 3.78. The van der Waals surface area contributed by atoms with Crippen LogP contribution in [-0.4, -0.2) is 42.2 Å². The first-order valence-corrected chi connectivity index (χ1v) is 6.84. The van der Waals surface area contributed by atoms with Gasteiger partial charge in [-0.2, -0.15) is 0 Å². The average Bonchev–Trinajstić information content (AvgIpc) is 3.23. The molecule has 0 saturated heterocycles. The summed E-state index contributed by atoms with van der Waals surface area (Å²) in [5, 5.41) is 13.4. The van der Waals surface area contributed by atoms with Crippen LogP contribution in [0.3, 0.4) is 0 Å². The van der Waals surface area contributed by atoms with E-state index in [0.717, 1.165) is 18.2 Å². The van der Waals surface area contributed by atoms with Gasteiger partial charge in [0.25, 0.3) is 0 Å². The number of nitrogens with one attached hydrogen (secondary N) is 1. The Morgan fingerprint density at radius 1 is 1.28 bits per heavy atom. The average molecular weight is 248 g/mol. The van der Waals surface area contributed by atoms with E-state index in [-0.39, 0.29) is 0 Å². The van der Waals surface area contributed by atoms with Crippen molar-refractivity contribution < 1.29 is 5.11 Å². The van der Waals surface area contributed by atoms with Crippen LogP contribution in [-0.2, 0) is 0 Å². The van der Waals surface area contributed by atoms with Crippen molar-refractivity contribution in [3.63, 3.8) is 0 Å². The second kappa shape index (κ2) is 6.32. The molecule has 2 N–H and O–H groups in total. The van der Waals surface area contributed by atoms with Crippen molar-refractivity contribution in [2.45, 2.75) is 38.0 Å². The van der Waals surface area contributed by atoms with Gasteiger partial charge in [0.2, 0.25) is 0 Å². The van der Waals surface area contributed by atoms with Crippen molar-refractivity contribution in [3.05, 3.63) is 35.9 Å². The molecule has 1 aromatic carbocycles. The molecule has 0 bridgehead atoms. The third kappa shape index (κ3) is 3.80. The zero-order chi connectivity index (χ0) is 13.0. The number of rotatable bonds is 7. The summed E-state index contributed by atoms with van der Waals surface area (Å²) < 4.78 is 0. The van der Waals surface area contributed by atoms with Crippen molar-refractivity contribution in [1.82, 2.24) is 10.2 Å². The molecule has 0 amide bonds. The third-order valence-electron chi connectivity index (χ3n) is 3.78. The molecule has 100 valence electrons. The van der Waals surface area contributed by atoms with E-state index in [2.05, 4.69) is 24.2 Å². The van der Waals surface area contributed by atoms with Gasteiger partial charge in [-0.1, -0.05) is 30.3 Å². The summed E-state index contributed by atoms with van der Waals surface area (Å²) in [5.41, 5.74) is 0.980. The molecule has 1 fully saturated rings. The maximum Gasteiger partial charge on any atom is 0.0914 e. The van der Waals surface area contributed by atoms with Crippen LogP contribution >= 0.6 is 0 Å². The molecule has 1 aliphatic rings. The molecule has 0 heterocycles. The molecular formula is C15H24N2O. The lowest BCUT2D eigenvalue weighted by atomic mass is 10.1. The molecule has 0 aromatic heterocycles. The Kier molecular flexibility index (Phi) is 4.75. The number of hydrogen-bond donors (Lipinski definition) is 2. The number of hydrogen-bond acceptors (Lipinski definition) is 3.